The maximum Gasteiger partial charge on any atom is 0.261 e. The fraction of sp³-hybridized carbons (Fsp3) is 0.227. The quantitative estimate of drug-likeness (QED) is 0.605. The van der Waals surface area contributed by atoms with Crippen LogP contribution in [-0.4, -0.2) is 35.7 Å². The van der Waals surface area contributed by atoms with E-state index in [1.807, 2.05) is 6.07 Å². The number of ether oxygens (including phenoxy) is 3. The summed E-state index contributed by atoms with van der Waals surface area (Å²) in [5.74, 6) is 1.36. The van der Waals surface area contributed by atoms with Gasteiger partial charge >= 0.3 is 0 Å². The third-order valence-corrected chi connectivity index (χ3v) is 7.97. The van der Waals surface area contributed by atoms with Crippen molar-refractivity contribution in [3.63, 3.8) is 0 Å². The van der Waals surface area contributed by atoms with Crippen molar-refractivity contribution >= 4 is 27.1 Å². The van der Waals surface area contributed by atoms with Crippen LogP contribution in [0.15, 0.2) is 47.4 Å². The van der Waals surface area contributed by atoms with E-state index in [9.17, 15) is 13.2 Å². The molecule has 0 bridgehead atoms. The van der Waals surface area contributed by atoms with Gasteiger partial charge in [0, 0.05) is 17.0 Å². The molecule has 0 saturated carbocycles. The molecule has 2 heterocycles. The van der Waals surface area contributed by atoms with Gasteiger partial charge in [0.15, 0.2) is 21.3 Å². The molecule has 0 fully saturated rings. The van der Waals surface area contributed by atoms with E-state index in [1.54, 1.807) is 50.6 Å². The van der Waals surface area contributed by atoms with Gasteiger partial charge in [-0.2, -0.15) is 0 Å². The summed E-state index contributed by atoms with van der Waals surface area (Å²) in [6, 6.07) is 12.0. The molecule has 9 heteroatoms. The smallest absolute Gasteiger partial charge is 0.261 e. The normalized spacial score (nSPS) is 13.6. The van der Waals surface area contributed by atoms with E-state index in [1.165, 1.54) is 18.4 Å². The SMILES string of the molecule is COc1ccc2c(c1)-c1sc(C(=O)NCc3ccc(OC)c(OC)c3)cc1CS2(=O)=O. The van der Waals surface area contributed by atoms with Crippen LogP contribution in [0.1, 0.15) is 20.8 Å². The topological polar surface area (TPSA) is 90.9 Å². The Hall–Kier alpha value is -3.04. The highest BCUT2D eigenvalue weighted by molar-refractivity contribution is 7.91. The van der Waals surface area contributed by atoms with Crippen LogP contribution < -0.4 is 19.5 Å². The Balaban J connectivity index is 1.59. The largest absolute Gasteiger partial charge is 0.497 e. The molecular formula is C22H21NO6S2. The summed E-state index contributed by atoms with van der Waals surface area (Å²) in [6.07, 6.45) is 0. The molecule has 31 heavy (non-hydrogen) atoms. The summed E-state index contributed by atoms with van der Waals surface area (Å²) in [6.45, 7) is 0.296. The van der Waals surface area contributed by atoms with Gasteiger partial charge in [-0.1, -0.05) is 6.07 Å². The van der Waals surface area contributed by atoms with E-state index in [0.29, 0.717) is 39.8 Å². The summed E-state index contributed by atoms with van der Waals surface area (Å²) >= 11 is 1.28. The molecule has 0 saturated heterocycles. The number of methoxy groups -OCH3 is 3. The zero-order valence-corrected chi connectivity index (χ0v) is 18.9. The predicted molar refractivity (Wildman–Crippen MR) is 118 cm³/mol. The van der Waals surface area contributed by atoms with Gasteiger partial charge in [-0.05, 0) is 47.5 Å². The van der Waals surface area contributed by atoms with Gasteiger partial charge in [-0.3, -0.25) is 4.79 Å². The Morgan fingerprint density at radius 3 is 2.48 bits per heavy atom. The van der Waals surface area contributed by atoms with Crippen molar-refractivity contribution in [2.75, 3.05) is 21.3 Å². The Labute approximate surface area is 184 Å². The van der Waals surface area contributed by atoms with Crippen molar-refractivity contribution in [2.45, 2.75) is 17.2 Å². The van der Waals surface area contributed by atoms with Gasteiger partial charge in [0.2, 0.25) is 0 Å². The molecule has 3 aromatic rings. The van der Waals surface area contributed by atoms with Crippen LogP contribution in [0.3, 0.4) is 0 Å². The molecule has 162 valence electrons. The lowest BCUT2D eigenvalue weighted by molar-refractivity contribution is 0.0955. The van der Waals surface area contributed by atoms with E-state index in [0.717, 1.165) is 10.4 Å². The molecule has 4 rings (SSSR count). The summed E-state index contributed by atoms with van der Waals surface area (Å²) in [7, 11) is 1.17. The highest BCUT2D eigenvalue weighted by atomic mass is 32.2. The first-order valence-corrected chi connectivity index (χ1v) is 11.9. The second-order valence-corrected chi connectivity index (χ2v) is 9.97. The highest BCUT2D eigenvalue weighted by Gasteiger charge is 2.31. The van der Waals surface area contributed by atoms with Gasteiger partial charge in [0.1, 0.15) is 5.75 Å². The van der Waals surface area contributed by atoms with Crippen molar-refractivity contribution < 1.29 is 27.4 Å². The lowest BCUT2D eigenvalue weighted by atomic mass is 10.1. The lowest BCUT2D eigenvalue weighted by Crippen LogP contribution is -2.21. The van der Waals surface area contributed by atoms with E-state index in [4.69, 9.17) is 14.2 Å². The van der Waals surface area contributed by atoms with Crippen LogP contribution in [0, 0.1) is 0 Å². The Morgan fingerprint density at radius 1 is 1.00 bits per heavy atom. The van der Waals surface area contributed by atoms with Crippen LogP contribution in [0.25, 0.3) is 10.4 Å². The van der Waals surface area contributed by atoms with Crippen molar-refractivity contribution in [3.8, 4) is 27.7 Å². The van der Waals surface area contributed by atoms with Crippen molar-refractivity contribution in [1.82, 2.24) is 5.32 Å². The first-order chi connectivity index (χ1) is 14.9. The van der Waals surface area contributed by atoms with E-state index in [2.05, 4.69) is 5.32 Å². The Bertz CT molecular complexity index is 1260. The molecule has 0 atom stereocenters. The van der Waals surface area contributed by atoms with E-state index >= 15 is 0 Å². The zero-order valence-electron chi connectivity index (χ0n) is 17.2. The molecule has 0 spiro atoms. The first-order valence-electron chi connectivity index (χ1n) is 9.39. The maximum absolute atomic E-state index is 12.8. The third-order valence-electron chi connectivity index (χ3n) is 5.05. The van der Waals surface area contributed by atoms with Gasteiger partial charge < -0.3 is 19.5 Å². The number of nitrogens with one attached hydrogen (secondary N) is 1. The number of hydrogen-bond donors (Lipinski definition) is 1. The van der Waals surface area contributed by atoms with Crippen LogP contribution >= 0.6 is 11.3 Å². The van der Waals surface area contributed by atoms with Crippen molar-refractivity contribution in [1.29, 1.82) is 0 Å². The number of carbonyl (C=O) groups excluding carboxylic acids is 1. The molecule has 7 nitrogen and oxygen atoms in total. The summed E-state index contributed by atoms with van der Waals surface area (Å²) in [5.41, 5.74) is 2.05. The maximum atomic E-state index is 12.8. The zero-order chi connectivity index (χ0) is 22.2. The molecule has 1 aliphatic rings. The van der Waals surface area contributed by atoms with Crippen molar-refractivity contribution in [3.05, 3.63) is 58.5 Å². The second-order valence-electron chi connectivity index (χ2n) is 6.96. The Morgan fingerprint density at radius 2 is 1.77 bits per heavy atom. The molecule has 1 N–H and O–H groups in total. The van der Waals surface area contributed by atoms with Gasteiger partial charge in [-0.15, -0.1) is 11.3 Å². The van der Waals surface area contributed by atoms with Crippen LogP contribution in [0.2, 0.25) is 0 Å². The number of sulfone groups is 1. The minimum atomic E-state index is -3.47. The Kier molecular flexibility index (Phi) is 5.63. The number of benzene rings is 2. The number of rotatable bonds is 6. The van der Waals surface area contributed by atoms with E-state index < -0.39 is 9.84 Å². The van der Waals surface area contributed by atoms with Gasteiger partial charge in [0.05, 0.1) is 36.9 Å². The number of amides is 1. The van der Waals surface area contributed by atoms with Gasteiger partial charge in [-0.25, -0.2) is 8.42 Å². The fourth-order valence-electron chi connectivity index (χ4n) is 3.50. The number of fused-ring (bicyclic) bond motifs is 3. The third kappa shape index (κ3) is 3.98. The predicted octanol–water partition coefficient (Wildman–Crippen LogP) is 3.66. The summed E-state index contributed by atoms with van der Waals surface area (Å²) < 4.78 is 41.1. The highest BCUT2D eigenvalue weighted by Crippen LogP contribution is 2.44. The van der Waals surface area contributed by atoms with Crippen LogP contribution in [0.5, 0.6) is 17.2 Å². The average Bonchev–Trinajstić information content (AvgIpc) is 3.20. The summed E-state index contributed by atoms with van der Waals surface area (Å²) in [4.78, 5) is 14.3. The van der Waals surface area contributed by atoms with Crippen molar-refractivity contribution in [2.24, 2.45) is 0 Å². The van der Waals surface area contributed by atoms with Crippen LogP contribution in [-0.2, 0) is 22.1 Å². The molecule has 1 amide bonds. The average molecular weight is 460 g/mol. The lowest BCUT2D eigenvalue weighted by Gasteiger charge is -2.17. The molecule has 0 radical (unpaired) electrons. The van der Waals surface area contributed by atoms with E-state index in [-0.39, 0.29) is 16.6 Å². The fourth-order valence-corrected chi connectivity index (χ4v) is 6.35. The summed E-state index contributed by atoms with van der Waals surface area (Å²) in [5, 5.41) is 2.88. The van der Waals surface area contributed by atoms with Crippen LogP contribution in [0.4, 0.5) is 0 Å². The second kappa shape index (κ2) is 8.24. The molecule has 0 aliphatic carbocycles. The number of carbonyl (C=O) groups is 1. The standard InChI is InChI=1S/C22H21NO6S2/c1-27-15-5-7-20-16(10-15)21-14(12-31(20,25)26)9-19(30-21)22(24)23-11-13-4-6-17(28-2)18(8-13)29-3/h4-10H,11-12H2,1-3H3,(H,23,24). The first kappa shape index (κ1) is 21.2. The number of hydrogen-bond acceptors (Lipinski definition) is 7. The molecule has 1 aromatic heterocycles. The molecule has 2 aromatic carbocycles. The molecule has 0 unspecified atom stereocenters. The molecular weight excluding hydrogens is 438 g/mol. The van der Waals surface area contributed by atoms with Gasteiger partial charge in [0.25, 0.3) is 5.91 Å². The minimum absolute atomic E-state index is 0.124. The minimum Gasteiger partial charge on any atom is -0.497 e. The number of thiophene rings is 1. The molecule has 1 aliphatic heterocycles. The monoisotopic (exact) mass is 459 g/mol.